The van der Waals surface area contributed by atoms with Crippen molar-refractivity contribution < 1.29 is 24.1 Å². The van der Waals surface area contributed by atoms with E-state index in [-0.39, 0.29) is 12.9 Å². The Labute approximate surface area is 166 Å². The molecular weight excluding hydrogens is 360 g/mol. The number of hydrogen-bond donors (Lipinski definition) is 1. The van der Waals surface area contributed by atoms with Gasteiger partial charge in [-0.2, -0.15) is 0 Å². The summed E-state index contributed by atoms with van der Waals surface area (Å²) in [5.74, 6) is 3.40. The molecule has 154 valence electrons. The molecule has 4 aliphatic rings. The molecule has 4 atom stereocenters. The Balaban J connectivity index is 1.15. The van der Waals surface area contributed by atoms with Crippen LogP contribution in [0.25, 0.3) is 0 Å². The fraction of sp³-hybridized carbons (Fsp3) is 0.714. The van der Waals surface area contributed by atoms with Gasteiger partial charge in [-0.3, -0.25) is 4.90 Å². The molecular formula is C21H30N2O5. The van der Waals surface area contributed by atoms with Crippen LogP contribution >= 0.6 is 0 Å². The molecule has 0 aromatic heterocycles. The zero-order valence-corrected chi connectivity index (χ0v) is 16.3. The van der Waals surface area contributed by atoms with Crippen LogP contribution in [0.2, 0.25) is 0 Å². The highest BCUT2D eigenvalue weighted by Crippen LogP contribution is 2.40. The molecule has 1 aromatic carbocycles. The summed E-state index contributed by atoms with van der Waals surface area (Å²) in [7, 11) is 0. The Morgan fingerprint density at radius 2 is 1.71 bits per heavy atom. The molecule has 1 N–H and O–H groups in total. The number of likely N-dealkylation sites (tertiary alicyclic amines) is 1. The van der Waals surface area contributed by atoms with E-state index < -0.39 is 6.10 Å². The Morgan fingerprint density at radius 1 is 0.964 bits per heavy atom. The quantitative estimate of drug-likeness (QED) is 0.810. The average molecular weight is 390 g/mol. The van der Waals surface area contributed by atoms with Crippen LogP contribution in [0.1, 0.15) is 12.8 Å². The van der Waals surface area contributed by atoms with Gasteiger partial charge in [0.05, 0.1) is 19.3 Å². The lowest BCUT2D eigenvalue weighted by atomic mass is 9.78. The minimum absolute atomic E-state index is 0.152. The Kier molecular flexibility index (Phi) is 5.32. The molecule has 1 aliphatic carbocycles. The normalized spacial score (nSPS) is 33.0. The molecule has 0 amide bonds. The number of hydrogen-bond acceptors (Lipinski definition) is 7. The zero-order valence-electron chi connectivity index (χ0n) is 16.3. The van der Waals surface area contributed by atoms with Crippen molar-refractivity contribution in [1.29, 1.82) is 0 Å². The number of ether oxygens (including phenoxy) is 4. The van der Waals surface area contributed by atoms with Crippen LogP contribution in [0.15, 0.2) is 18.2 Å². The number of aliphatic hydroxyl groups excluding tert-OH is 1. The molecule has 0 bridgehead atoms. The van der Waals surface area contributed by atoms with E-state index >= 15 is 0 Å². The van der Waals surface area contributed by atoms with E-state index in [0.717, 1.165) is 82.6 Å². The second-order valence-corrected chi connectivity index (χ2v) is 8.44. The van der Waals surface area contributed by atoms with Crippen LogP contribution in [0.3, 0.4) is 0 Å². The number of benzene rings is 1. The summed E-state index contributed by atoms with van der Waals surface area (Å²) in [5, 5.41) is 10.7. The van der Waals surface area contributed by atoms with Gasteiger partial charge < -0.3 is 29.0 Å². The first-order chi connectivity index (χ1) is 13.7. The van der Waals surface area contributed by atoms with Gasteiger partial charge in [-0.15, -0.1) is 0 Å². The summed E-state index contributed by atoms with van der Waals surface area (Å²) < 4.78 is 22.4. The maximum Gasteiger partial charge on any atom is 0.231 e. The largest absolute Gasteiger partial charge is 0.488 e. The highest BCUT2D eigenvalue weighted by atomic mass is 16.7. The van der Waals surface area contributed by atoms with Crippen LogP contribution < -0.4 is 14.2 Å². The third kappa shape index (κ3) is 3.94. The molecule has 5 rings (SSSR count). The number of nitrogens with zero attached hydrogens (tertiary/aromatic N) is 2. The summed E-state index contributed by atoms with van der Waals surface area (Å²) in [6, 6.07) is 5.64. The van der Waals surface area contributed by atoms with Gasteiger partial charge in [0.25, 0.3) is 0 Å². The first kappa shape index (κ1) is 18.5. The number of fused-ring (bicyclic) bond motifs is 2. The Bertz CT molecular complexity index is 681. The van der Waals surface area contributed by atoms with Gasteiger partial charge in [0.15, 0.2) is 11.5 Å². The van der Waals surface area contributed by atoms with Gasteiger partial charge in [0.2, 0.25) is 6.79 Å². The van der Waals surface area contributed by atoms with Crippen LogP contribution in [0.4, 0.5) is 0 Å². The molecule has 1 saturated carbocycles. The third-order valence-corrected chi connectivity index (χ3v) is 6.63. The first-order valence-electron chi connectivity index (χ1n) is 10.5. The maximum absolute atomic E-state index is 10.7. The van der Waals surface area contributed by atoms with E-state index in [1.807, 2.05) is 18.2 Å². The van der Waals surface area contributed by atoms with Gasteiger partial charge in [0.1, 0.15) is 11.9 Å². The van der Waals surface area contributed by atoms with Gasteiger partial charge in [-0.05, 0) is 36.8 Å². The van der Waals surface area contributed by atoms with Crippen LogP contribution in [-0.2, 0) is 4.74 Å². The van der Waals surface area contributed by atoms with Crippen molar-refractivity contribution in [2.45, 2.75) is 25.0 Å². The van der Waals surface area contributed by atoms with Crippen LogP contribution in [-0.4, -0.2) is 86.4 Å². The van der Waals surface area contributed by atoms with Crippen molar-refractivity contribution in [1.82, 2.24) is 9.80 Å². The predicted molar refractivity (Wildman–Crippen MR) is 103 cm³/mol. The first-order valence-corrected chi connectivity index (χ1v) is 10.5. The van der Waals surface area contributed by atoms with Gasteiger partial charge >= 0.3 is 0 Å². The monoisotopic (exact) mass is 390 g/mol. The predicted octanol–water partition coefficient (Wildman–Crippen LogP) is 1.20. The van der Waals surface area contributed by atoms with Crippen molar-refractivity contribution in [3.63, 3.8) is 0 Å². The summed E-state index contributed by atoms with van der Waals surface area (Å²) >= 11 is 0. The fourth-order valence-electron chi connectivity index (χ4n) is 5.03. The molecule has 0 spiro atoms. The average Bonchev–Trinajstić information content (AvgIpc) is 3.33. The zero-order chi connectivity index (χ0) is 18.9. The molecule has 0 radical (unpaired) electrons. The van der Waals surface area contributed by atoms with Crippen molar-refractivity contribution >= 4 is 0 Å². The fourth-order valence-corrected chi connectivity index (χ4v) is 5.03. The molecule has 1 aromatic rings. The van der Waals surface area contributed by atoms with E-state index in [1.54, 1.807) is 0 Å². The van der Waals surface area contributed by atoms with E-state index in [4.69, 9.17) is 18.9 Å². The molecule has 3 fully saturated rings. The van der Waals surface area contributed by atoms with Crippen molar-refractivity contribution in [2.24, 2.45) is 11.8 Å². The standard InChI is InChI=1S/C21H30N2O5/c24-18-9-15-12-23(4-3-22-5-7-25-8-6-22)13-16(15)10-20(18)28-17-1-2-19-21(11-17)27-14-26-19/h1-2,11,15-16,18,20,24H,3-10,12-14H2/t15-,16+,18+,20+/m0/s1. The molecule has 3 aliphatic heterocycles. The lowest BCUT2D eigenvalue weighted by molar-refractivity contribution is -0.0232. The molecule has 7 nitrogen and oxygen atoms in total. The van der Waals surface area contributed by atoms with Crippen molar-refractivity contribution in [3.05, 3.63) is 18.2 Å². The van der Waals surface area contributed by atoms with Crippen molar-refractivity contribution in [3.8, 4) is 17.2 Å². The molecule has 7 heteroatoms. The molecule has 0 unspecified atom stereocenters. The van der Waals surface area contributed by atoms with E-state index in [1.165, 1.54) is 0 Å². The smallest absolute Gasteiger partial charge is 0.231 e. The molecule has 2 saturated heterocycles. The van der Waals surface area contributed by atoms with E-state index in [0.29, 0.717) is 11.8 Å². The van der Waals surface area contributed by atoms with Gasteiger partial charge in [-0.1, -0.05) is 0 Å². The molecule has 28 heavy (non-hydrogen) atoms. The highest BCUT2D eigenvalue weighted by Gasteiger charge is 2.42. The second kappa shape index (κ2) is 8.06. The van der Waals surface area contributed by atoms with Gasteiger partial charge in [0, 0.05) is 45.3 Å². The number of rotatable bonds is 5. The van der Waals surface area contributed by atoms with Crippen LogP contribution in [0.5, 0.6) is 17.2 Å². The van der Waals surface area contributed by atoms with Crippen molar-refractivity contribution in [2.75, 3.05) is 59.3 Å². The summed E-state index contributed by atoms with van der Waals surface area (Å²) in [4.78, 5) is 5.06. The topological polar surface area (TPSA) is 63.6 Å². The Morgan fingerprint density at radius 3 is 2.57 bits per heavy atom. The highest BCUT2D eigenvalue weighted by molar-refractivity contribution is 5.46. The minimum atomic E-state index is -0.411. The van der Waals surface area contributed by atoms with Gasteiger partial charge in [-0.25, -0.2) is 0 Å². The lowest BCUT2D eigenvalue weighted by Gasteiger charge is -2.35. The van der Waals surface area contributed by atoms with Crippen LogP contribution in [0, 0.1) is 11.8 Å². The Hall–Kier alpha value is -1.54. The SMILES string of the molecule is O[C@@H]1C[C@H]2CN(CCN3CCOCC3)C[C@H]2C[C@H]1Oc1ccc2c(c1)OCO2. The number of morpholine rings is 1. The number of aliphatic hydroxyl groups is 1. The summed E-state index contributed by atoms with van der Waals surface area (Å²) in [6.07, 6.45) is 1.18. The van der Waals surface area contributed by atoms with E-state index in [9.17, 15) is 5.11 Å². The summed E-state index contributed by atoms with van der Waals surface area (Å²) in [6.45, 7) is 8.50. The molecule has 3 heterocycles. The van der Waals surface area contributed by atoms with E-state index in [2.05, 4.69) is 9.80 Å². The summed E-state index contributed by atoms with van der Waals surface area (Å²) in [5.41, 5.74) is 0. The third-order valence-electron chi connectivity index (χ3n) is 6.63. The maximum atomic E-state index is 10.7. The lowest BCUT2D eigenvalue weighted by Crippen LogP contribution is -2.42. The second-order valence-electron chi connectivity index (χ2n) is 8.44. The minimum Gasteiger partial charge on any atom is -0.488 e.